The van der Waals surface area contributed by atoms with Gasteiger partial charge in [-0.1, -0.05) is 12.1 Å². The minimum absolute atomic E-state index is 0.0694. The van der Waals surface area contributed by atoms with E-state index in [9.17, 15) is 9.59 Å². The number of hydrogen-bond acceptors (Lipinski definition) is 7. The predicted octanol–water partition coefficient (Wildman–Crippen LogP) is 4.01. The first-order chi connectivity index (χ1) is 14.7. The smallest absolute Gasteiger partial charge is 0.258 e. The van der Waals surface area contributed by atoms with Crippen molar-refractivity contribution in [2.45, 2.75) is 24.5 Å². The molecule has 9 heteroatoms. The van der Waals surface area contributed by atoms with Crippen molar-refractivity contribution < 1.29 is 4.79 Å². The summed E-state index contributed by atoms with van der Waals surface area (Å²) in [5.41, 5.74) is 1.73. The molecule has 4 heterocycles. The number of thioether (sulfide) groups is 1. The molecule has 1 amide bonds. The highest BCUT2D eigenvalue weighted by molar-refractivity contribution is 7.99. The second-order valence-corrected chi connectivity index (χ2v) is 10.2. The molecule has 1 aliphatic heterocycles. The maximum Gasteiger partial charge on any atom is 0.258 e. The lowest BCUT2D eigenvalue weighted by Gasteiger charge is -2.31. The number of benzene rings is 1. The molecule has 0 bridgehead atoms. The van der Waals surface area contributed by atoms with Gasteiger partial charge >= 0.3 is 0 Å². The molecule has 5 rings (SSSR count). The summed E-state index contributed by atoms with van der Waals surface area (Å²) in [6, 6.07) is 9.81. The van der Waals surface area contributed by atoms with E-state index < -0.39 is 0 Å². The monoisotopic (exact) mass is 456 g/mol. The lowest BCUT2D eigenvalue weighted by atomic mass is 9.97. The SMILES string of the molecule is O=C(CSCc1cc(=O)n2ccsc2n1)N1CCC(c2nc3ccccc3s2)CC1. The Kier molecular flexibility index (Phi) is 5.58. The van der Waals surface area contributed by atoms with Crippen LogP contribution in [0.25, 0.3) is 15.2 Å². The molecule has 0 atom stereocenters. The van der Waals surface area contributed by atoms with Crippen molar-refractivity contribution >= 4 is 55.5 Å². The molecule has 0 N–H and O–H groups in total. The van der Waals surface area contributed by atoms with Crippen LogP contribution in [0.5, 0.6) is 0 Å². The summed E-state index contributed by atoms with van der Waals surface area (Å²) < 4.78 is 2.77. The summed E-state index contributed by atoms with van der Waals surface area (Å²) in [7, 11) is 0. The molecule has 0 unspecified atom stereocenters. The van der Waals surface area contributed by atoms with E-state index in [1.165, 1.54) is 32.8 Å². The van der Waals surface area contributed by atoms with E-state index >= 15 is 0 Å². The van der Waals surface area contributed by atoms with Crippen LogP contribution in [0.1, 0.15) is 29.5 Å². The fourth-order valence-corrected chi connectivity index (χ4v) is 6.43. The van der Waals surface area contributed by atoms with Crippen molar-refractivity contribution in [2.24, 2.45) is 0 Å². The zero-order valence-corrected chi connectivity index (χ0v) is 18.6. The molecule has 1 aliphatic rings. The molecular weight excluding hydrogens is 436 g/mol. The Hall–Kier alpha value is -2.23. The number of likely N-dealkylation sites (tertiary alicyclic amines) is 1. The van der Waals surface area contributed by atoms with E-state index in [0.29, 0.717) is 22.4 Å². The van der Waals surface area contributed by atoms with Crippen LogP contribution >= 0.6 is 34.4 Å². The van der Waals surface area contributed by atoms with Crippen molar-refractivity contribution in [3.63, 3.8) is 0 Å². The van der Waals surface area contributed by atoms with Crippen LogP contribution in [0, 0.1) is 0 Å². The Labute approximate surface area is 185 Å². The Bertz CT molecular complexity index is 1220. The zero-order chi connectivity index (χ0) is 20.5. The van der Waals surface area contributed by atoms with Crippen molar-refractivity contribution in [3.8, 4) is 0 Å². The van der Waals surface area contributed by atoms with Crippen molar-refractivity contribution in [1.29, 1.82) is 0 Å². The van der Waals surface area contributed by atoms with E-state index in [2.05, 4.69) is 17.1 Å². The van der Waals surface area contributed by atoms with E-state index in [1.807, 2.05) is 22.4 Å². The first kappa shape index (κ1) is 19.7. The largest absolute Gasteiger partial charge is 0.342 e. The van der Waals surface area contributed by atoms with Gasteiger partial charge in [-0.2, -0.15) is 0 Å². The van der Waals surface area contributed by atoms with Crippen LogP contribution in [-0.2, 0) is 10.5 Å². The number of rotatable bonds is 5. The molecule has 3 aromatic heterocycles. The minimum Gasteiger partial charge on any atom is -0.342 e. The van der Waals surface area contributed by atoms with Crippen LogP contribution in [0.3, 0.4) is 0 Å². The van der Waals surface area contributed by atoms with Crippen LogP contribution in [0.2, 0.25) is 0 Å². The quantitative estimate of drug-likeness (QED) is 0.454. The van der Waals surface area contributed by atoms with Gasteiger partial charge in [-0.3, -0.25) is 14.0 Å². The average Bonchev–Trinajstić information content (AvgIpc) is 3.41. The third-order valence-corrected chi connectivity index (χ3v) is 8.25. The predicted molar refractivity (Wildman–Crippen MR) is 124 cm³/mol. The Morgan fingerprint density at radius 2 is 2.03 bits per heavy atom. The Morgan fingerprint density at radius 3 is 2.87 bits per heavy atom. The van der Waals surface area contributed by atoms with E-state index in [4.69, 9.17) is 4.98 Å². The number of nitrogens with zero attached hydrogens (tertiary/aromatic N) is 4. The number of thiazole rings is 2. The highest BCUT2D eigenvalue weighted by Crippen LogP contribution is 2.33. The fourth-order valence-electron chi connectivity index (χ4n) is 3.74. The van der Waals surface area contributed by atoms with Gasteiger partial charge in [-0.05, 0) is 25.0 Å². The minimum atomic E-state index is -0.0694. The van der Waals surface area contributed by atoms with Gasteiger partial charge < -0.3 is 4.90 Å². The van der Waals surface area contributed by atoms with Crippen LogP contribution in [0.15, 0.2) is 46.7 Å². The molecule has 0 saturated carbocycles. The topological polar surface area (TPSA) is 67.6 Å². The van der Waals surface area contributed by atoms with Crippen LogP contribution in [0.4, 0.5) is 0 Å². The van der Waals surface area contributed by atoms with E-state index in [0.717, 1.165) is 37.1 Å². The molecule has 30 heavy (non-hydrogen) atoms. The molecule has 4 aromatic rings. The van der Waals surface area contributed by atoms with Gasteiger partial charge in [0.25, 0.3) is 5.56 Å². The molecule has 0 radical (unpaired) electrons. The van der Waals surface area contributed by atoms with Crippen molar-refractivity contribution in [2.75, 3.05) is 18.8 Å². The standard InChI is InChI=1S/C21H20N4O2S3/c26-18-11-15(22-21-25(18)9-10-29-21)12-28-13-19(27)24-7-5-14(6-8-24)20-23-16-3-1-2-4-17(16)30-20/h1-4,9-11,14H,5-8,12-13H2. The molecular formula is C21H20N4O2S3. The summed E-state index contributed by atoms with van der Waals surface area (Å²) in [6.07, 6.45) is 3.65. The van der Waals surface area contributed by atoms with Gasteiger partial charge in [-0.15, -0.1) is 34.4 Å². The van der Waals surface area contributed by atoms with Gasteiger partial charge in [0, 0.05) is 42.4 Å². The maximum atomic E-state index is 12.6. The van der Waals surface area contributed by atoms with E-state index in [-0.39, 0.29) is 11.5 Å². The zero-order valence-electron chi connectivity index (χ0n) is 16.2. The van der Waals surface area contributed by atoms with Crippen LogP contribution < -0.4 is 5.56 Å². The van der Waals surface area contributed by atoms with Gasteiger partial charge in [0.2, 0.25) is 5.91 Å². The van der Waals surface area contributed by atoms with E-state index in [1.54, 1.807) is 28.0 Å². The van der Waals surface area contributed by atoms with Crippen LogP contribution in [-0.4, -0.2) is 44.0 Å². The number of piperidine rings is 1. The summed E-state index contributed by atoms with van der Waals surface area (Å²) in [6.45, 7) is 1.56. The Morgan fingerprint density at radius 1 is 1.20 bits per heavy atom. The normalized spacial score (nSPS) is 15.3. The van der Waals surface area contributed by atoms with Gasteiger partial charge in [0.05, 0.1) is 26.7 Å². The first-order valence-electron chi connectivity index (χ1n) is 9.84. The first-order valence-corrected chi connectivity index (χ1v) is 12.7. The number of para-hydroxylation sites is 1. The second-order valence-electron chi connectivity index (χ2n) is 7.31. The molecule has 154 valence electrons. The van der Waals surface area contributed by atoms with Crippen molar-refractivity contribution in [1.82, 2.24) is 19.3 Å². The summed E-state index contributed by atoms with van der Waals surface area (Å²) in [4.78, 5) is 36.6. The lowest BCUT2D eigenvalue weighted by molar-refractivity contribution is -0.129. The molecule has 0 spiro atoms. The number of hydrogen-bond donors (Lipinski definition) is 0. The van der Waals surface area contributed by atoms with Gasteiger partial charge in [0.15, 0.2) is 4.96 Å². The Balaban J connectivity index is 1.13. The molecule has 1 fully saturated rings. The molecule has 1 aromatic carbocycles. The van der Waals surface area contributed by atoms with Gasteiger partial charge in [0.1, 0.15) is 0 Å². The second kappa shape index (κ2) is 8.49. The summed E-state index contributed by atoms with van der Waals surface area (Å²) in [5.74, 6) is 1.58. The molecule has 1 saturated heterocycles. The fraction of sp³-hybridized carbons (Fsp3) is 0.333. The third kappa shape index (κ3) is 4.01. The number of carbonyl (C=O) groups excluding carboxylic acids is 1. The lowest BCUT2D eigenvalue weighted by Crippen LogP contribution is -2.38. The highest BCUT2D eigenvalue weighted by Gasteiger charge is 2.25. The number of carbonyl (C=O) groups is 1. The average molecular weight is 457 g/mol. The number of fused-ring (bicyclic) bond motifs is 2. The maximum absolute atomic E-state index is 12.6. The molecule has 0 aliphatic carbocycles. The third-order valence-electron chi connectivity index (χ3n) is 5.34. The van der Waals surface area contributed by atoms with Gasteiger partial charge in [-0.25, -0.2) is 9.97 Å². The summed E-state index contributed by atoms with van der Waals surface area (Å²) in [5, 5.41) is 3.04. The summed E-state index contributed by atoms with van der Waals surface area (Å²) >= 11 is 4.74. The highest BCUT2D eigenvalue weighted by atomic mass is 32.2. The number of amides is 1. The molecule has 6 nitrogen and oxygen atoms in total. The number of aromatic nitrogens is 3. The van der Waals surface area contributed by atoms with Crippen molar-refractivity contribution in [3.05, 3.63) is 63.0 Å².